The lowest BCUT2D eigenvalue weighted by Gasteiger charge is -2.11. The van der Waals surface area contributed by atoms with Crippen molar-refractivity contribution in [2.75, 3.05) is 5.75 Å². The first-order valence-corrected chi connectivity index (χ1v) is 8.12. The molecule has 102 valence electrons. The number of hydrogen-bond acceptors (Lipinski definition) is 2. The Bertz CT molecular complexity index is 507. The van der Waals surface area contributed by atoms with Gasteiger partial charge in [0, 0.05) is 21.8 Å². The highest BCUT2D eigenvalue weighted by atomic mass is 32.2. The summed E-state index contributed by atoms with van der Waals surface area (Å²) >= 11 is 0. The third-order valence-corrected chi connectivity index (χ3v) is 6.32. The van der Waals surface area contributed by atoms with E-state index in [1.165, 1.54) is 5.56 Å². The molecule has 1 N–H and O–H groups in total. The number of aliphatic carboxylic acids is 1. The minimum Gasteiger partial charge on any atom is -0.481 e. The Morgan fingerprint density at radius 1 is 1.32 bits per heavy atom. The van der Waals surface area contributed by atoms with Crippen LogP contribution < -0.4 is 0 Å². The van der Waals surface area contributed by atoms with Gasteiger partial charge in [0.05, 0.1) is 6.42 Å². The molecule has 3 unspecified atom stereocenters. The molecule has 1 aromatic rings. The Labute approximate surface area is 115 Å². The molecule has 0 amide bonds. The van der Waals surface area contributed by atoms with Gasteiger partial charge in [0.25, 0.3) is 0 Å². The fraction of sp³-hybridized carbons (Fsp3) is 0.533. The van der Waals surface area contributed by atoms with Gasteiger partial charge in [-0.1, -0.05) is 30.3 Å². The van der Waals surface area contributed by atoms with Crippen LogP contribution in [0.2, 0.25) is 0 Å². The van der Waals surface area contributed by atoms with Gasteiger partial charge in [0.2, 0.25) is 0 Å². The monoisotopic (exact) mass is 278 g/mol. The Kier molecular flexibility index (Phi) is 3.21. The maximum absolute atomic E-state index is 12.3. The van der Waals surface area contributed by atoms with Gasteiger partial charge in [-0.2, -0.15) is 0 Å². The predicted molar refractivity (Wildman–Crippen MR) is 74.5 cm³/mol. The second kappa shape index (κ2) is 4.75. The summed E-state index contributed by atoms with van der Waals surface area (Å²) in [5.41, 5.74) is 1.12. The van der Waals surface area contributed by atoms with Gasteiger partial charge in [-0.25, -0.2) is 0 Å². The SMILES string of the molecule is O=C(O)CC1(CS(=O)C2CC2c2ccccc2)CC1. The van der Waals surface area contributed by atoms with Crippen LogP contribution in [-0.4, -0.2) is 26.3 Å². The summed E-state index contributed by atoms with van der Waals surface area (Å²) in [6.07, 6.45) is 3.02. The molecule has 0 heterocycles. The Morgan fingerprint density at radius 2 is 2.00 bits per heavy atom. The van der Waals surface area contributed by atoms with Crippen LogP contribution in [0.4, 0.5) is 0 Å². The summed E-state index contributed by atoms with van der Waals surface area (Å²) in [5, 5.41) is 9.13. The molecule has 0 radical (unpaired) electrons. The molecular formula is C15H18O3S. The molecule has 4 heteroatoms. The second-order valence-electron chi connectivity index (χ2n) is 5.89. The molecule has 3 rings (SSSR count). The molecule has 3 nitrogen and oxygen atoms in total. The molecular weight excluding hydrogens is 260 g/mol. The smallest absolute Gasteiger partial charge is 0.303 e. The topological polar surface area (TPSA) is 54.4 Å². The van der Waals surface area contributed by atoms with Crippen molar-refractivity contribution >= 4 is 16.8 Å². The summed E-state index contributed by atoms with van der Waals surface area (Å²) in [4.78, 5) is 10.8. The molecule has 2 saturated carbocycles. The van der Waals surface area contributed by atoms with Crippen molar-refractivity contribution in [3.8, 4) is 0 Å². The van der Waals surface area contributed by atoms with Gasteiger partial charge < -0.3 is 5.11 Å². The van der Waals surface area contributed by atoms with E-state index in [1.807, 2.05) is 18.2 Å². The summed E-state index contributed by atoms with van der Waals surface area (Å²) in [5.74, 6) is 0.236. The Morgan fingerprint density at radius 3 is 2.58 bits per heavy atom. The number of rotatable bonds is 6. The van der Waals surface area contributed by atoms with E-state index in [-0.39, 0.29) is 17.1 Å². The van der Waals surface area contributed by atoms with Gasteiger partial charge in [0.15, 0.2) is 0 Å². The van der Waals surface area contributed by atoms with Crippen LogP contribution >= 0.6 is 0 Å². The summed E-state index contributed by atoms with van der Waals surface area (Å²) in [7, 11) is -0.878. The molecule has 0 aliphatic heterocycles. The van der Waals surface area contributed by atoms with Gasteiger partial charge in [0.1, 0.15) is 0 Å². The number of hydrogen-bond donors (Lipinski definition) is 1. The van der Waals surface area contributed by atoms with Crippen molar-refractivity contribution in [1.82, 2.24) is 0 Å². The Hall–Kier alpha value is -1.16. The van der Waals surface area contributed by atoms with Crippen molar-refractivity contribution in [3.63, 3.8) is 0 Å². The molecule has 19 heavy (non-hydrogen) atoms. The second-order valence-corrected chi connectivity index (χ2v) is 7.54. The molecule has 1 aromatic carbocycles. The van der Waals surface area contributed by atoms with Crippen molar-refractivity contribution in [2.24, 2.45) is 5.41 Å². The van der Waals surface area contributed by atoms with Gasteiger partial charge in [-0.3, -0.25) is 9.00 Å². The number of carboxylic acid groups (broad SMARTS) is 1. The first-order chi connectivity index (χ1) is 9.10. The summed E-state index contributed by atoms with van der Waals surface area (Å²) < 4.78 is 12.3. The standard InChI is InChI=1S/C15H18O3S/c16-14(17)9-15(6-7-15)10-19(18)13-8-12(13)11-4-2-1-3-5-11/h1-5,12-13H,6-10H2,(H,16,17). The lowest BCUT2D eigenvalue weighted by Crippen LogP contribution is -2.19. The highest BCUT2D eigenvalue weighted by molar-refractivity contribution is 7.86. The van der Waals surface area contributed by atoms with E-state index in [4.69, 9.17) is 5.11 Å². The van der Waals surface area contributed by atoms with Crippen molar-refractivity contribution < 1.29 is 14.1 Å². The van der Waals surface area contributed by atoms with Gasteiger partial charge in [-0.15, -0.1) is 0 Å². The van der Waals surface area contributed by atoms with Crippen molar-refractivity contribution in [3.05, 3.63) is 35.9 Å². The van der Waals surface area contributed by atoms with E-state index in [9.17, 15) is 9.00 Å². The number of carbonyl (C=O) groups is 1. The van der Waals surface area contributed by atoms with Crippen LogP contribution in [0.1, 0.15) is 37.2 Å². The molecule has 3 atom stereocenters. The average molecular weight is 278 g/mol. The molecule has 0 saturated heterocycles. The molecule has 0 bridgehead atoms. The van der Waals surface area contributed by atoms with Crippen LogP contribution in [0.15, 0.2) is 30.3 Å². The van der Waals surface area contributed by atoms with E-state index in [0.717, 1.165) is 19.3 Å². The number of carboxylic acids is 1. The third-order valence-electron chi connectivity index (χ3n) is 4.23. The average Bonchev–Trinajstić information content (AvgIpc) is 3.25. The zero-order chi connectivity index (χ0) is 13.5. The molecule has 0 spiro atoms. The first kappa shape index (κ1) is 12.9. The van der Waals surface area contributed by atoms with E-state index in [1.54, 1.807) is 0 Å². The molecule has 2 aliphatic rings. The minimum absolute atomic E-state index is 0.152. The van der Waals surface area contributed by atoms with Crippen molar-refractivity contribution in [1.29, 1.82) is 0 Å². The van der Waals surface area contributed by atoms with Crippen LogP contribution in [0.25, 0.3) is 0 Å². The largest absolute Gasteiger partial charge is 0.481 e. The first-order valence-electron chi connectivity index (χ1n) is 6.74. The maximum atomic E-state index is 12.3. The lowest BCUT2D eigenvalue weighted by atomic mass is 10.1. The van der Waals surface area contributed by atoms with Gasteiger partial charge >= 0.3 is 5.97 Å². The van der Waals surface area contributed by atoms with Crippen LogP contribution in [-0.2, 0) is 15.6 Å². The lowest BCUT2D eigenvalue weighted by molar-refractivity contribution is -0.138. The zero-order valence-electron chi connectivity index (χ0n) is 10.7. The highest BCUT2D eigenvalue weighted by Gasteiger charge is 2.50. The number of benzene rings is 1. The molecule has 2 fully saturated rings. The maximum Gasteiger partial charge on any atom is 0.303 e. The highest BCUT2D eigenvalue weighted by Crippen LogP contribution is 2.52. The quantitative estimate of drug-likeness (QED) is 0.870. The normalized spacial score (nSPS) is 28.6. The van der Waals surface area contributed by atoms with Crippen LogP contribution in [0, 0.1) is 5.41 Å². The van der Waals surface area contributed by atoms with E-state index < -0.39 is 16.8 Å². The van der Waals surface area contributed by atoms with Crippen LogP contribution in [0.5, 0.6) is 0 Å². The predicted octanol–water partition coefficient (Wildman–Crippen LogP) is 2.55. The minimum atomic E-state index is -0.878. The fourth-order valence-corrected chi connectivity index (χ4v) is 4.95. The van der Waals surface area contributed by atoms with E-state index in [0.29, 0.717) is 11.7 Å². The zero-order valence-corrected chi connectivity index (χ0v) is 11.6. The van der Waals surface area contributed by atoms with E-state index >= 15 is 0 Å². The van der Waals surface area contributed by atoms with Crippen molar-refractivity contribution in [2.45, 2.75) is 36.9 Å². The van der Waals surface area contributed by atoms with E-state index in [2.05, 4.69) is 12.1 Å². The molecule has 2 aliphatic carbocycles. The summed E-state index contributed by atoms with van der Waals surface area (Å²) in [6, 6.07) is 10.2. The summed E-state index contributed by atoms with van der Waals surface area (Å²) in [6.45, 7) is 0. The van der Waals surface area contributed by atoms with Crippen LogP contribution in [0.3, 0.4) is 0 Å². The Balaban J connectivity index is 1.57. The fourth-order valence-electron chi connectivity index (χ4n) is 2.79. The van der Waals surface area contributed by atoms with Gasteiger partial charge in [-0.05, 0) is 36.2 Å². The molecule has 0 aromatic heterocycles. The third kappa shape index (κ3) is 2.89.